The van der Waals surface area contributed by atoms with Crippen LogP contribution in [0.2, 0.25) is 0 Å². The first-order valence-electron chi connectivity index (χ1n) is 9.42. The minimum Gasteiger partial charge on any atom is -0.475 e. The Morgan fingerprint density at radius 3 is 2.66 bits per heavy atom. The van der Waals surface area contributed by atoms with Gasteiger partial charge in [-0.2, -0.15) is 0 Å². The molecule has 0 aliphatic heterocycles. The molecule has 6 nitrogen and oxygen atoms in total. The molecule has 1 aromatic heterocycles. The summed E-state index contributed by atoms with van der Waals surface area (Å²) in [7, 11) is 3.37. The van der Waals surface area contributed by atoms with Gasteiger partial charge in [-0.3, -0.25) is 4.99 Å². The largest absolute Gasteiger partial charge is 0.475 e. The molecule has 0 radical (unpaired) electrons. The maximum atomic E-state index is 13.5. The van der Waals surface area contributed by atoms with E-state index in [1.54, 1.807) is 32.5 Å². The van der Waals surface area contributed by atoms with Crippen molar-refractivity contribution in [2.24, 2.45) is 4.99 Å². The van der Waals surface area contributed by atoms with E-state index in [-0.39, 0.29) is 35.2 Å². The van der Waals surface area contributed by atoms with Crippen molar-refractivity contribution in [3.63, 3.8) is 0 Å². The third kappa shape index (κ3) is 6.81. The summed E-state index contributed by atoms with van der Waals surface area (Å²) in [6, 6.07) is 10.7. The van der Waals surface area contributed by atoms with Gasteiger partial charge in [0.15, 0.2) is 5.96 Å². The molecule has 0 spiro atoms. The zero-order chi connectivity index (χ0) is 19.8. The van der Waals surface area contributed by atoms with Crippen molar-refractivity contribution in [2.45, 2.75) is 24.8 Å². The fourth-order valence-corrected chi connectivity index (χ4v) is 3.03. The number of nitrogens with zero attached hydrogens (tertiary/aromatic N) is 2. The third-order valence-corrected chi connectivity index (χ3v) is 4.90. The highest BCUT2D eigenvalue weighted by molar-refractivity contribution is 14.0. The summed E-state index contributed by atoms with van der Waals surface area (Å²) in [6.07, 6.45) is 3.88. The van der Waals surface area contributed by atoms with Crippen LogP contribution in [0.1, 0.15) is 24.0 Å². The summed E-state index contributed by atoms with van der Waals surface area (Å²) in [5.74, 6) is 1.10. The number of rotatable bonds is 9. The molecule has 29 heavy (non-hydrogen) atoms. The number of ether oxygens (including phenoxy) is 2. The quantitative estimate of drug-likeness (QED) is 0.233. The van der Waals surface area contributed by atoms with Gasteiger partial charge in [0.05, 0.1) is 6.61 Å². The van der Waals surface area contributed by atoms with Crippen LogP contribution in [0, 0.1) is 5.82 Å². The number of aliphatic imine (C=N–C) groups is 1. The Hall–Kier alpha value is -1.94. The van der Waals surface area contributed by atoms with Crippen LogP contribution < -0.4 is 15.4 Å². The number of aromatic nitrogens is 1. The highest BCUT2D eigenvalue weighted by Gasteiger charge is 2.44. The molecular weight excluding hydrogens is 486 g/mol. The lowest BCUT2D eigenvalue weighted by Gasteiger charge is -2.19. The van der Waals surface area contributed by atoms with Gasteiger partial charge < -0.3 is 20.1 Å². The van der Waals surface area contributed by atoms with E-state index in [0.717, 1.165) is 30.5 Å². The SMILES string of the molecule is CN=C(NCc1ccc(OCCOC)nc1)NCC1(c2cccc(F)c2)CC1.I. The topological polar surface area (TPSA) is 67.8 Å². The molecule has 1 aliphatic carbocycles. The summed E-state index contributed by atoms with van der Waals surface area (Å²) >= 11 is 0. The molecule has 1 fully saturated rings. The number of guanidine groups is 1. The number of benzene rings is 1. The van der Waals surface area contributed by atoms with Crippen LogP contribution in [-0.4, -0.2) is 44.9 Å². The van der Waals surface area contributed by atoms with Crippen LogP contribution >= 0.6 is 24.0 Å². The summed E-state index contributed by atoms with van der Waals surface area (Å²) < 4.78 is 23.9. The van der Waals surface area contributed by atoms with Crippen molar-refractivity contribution in [2.75, 3.05) is 33.9 Å². The maximum Gasteiger partial charge on any atom is 0.213 e. The molecule has 1 heterocycles. The van der Waals surface area contributed by atoms with Crippen molar-refractivity contribution in [1.29, 1.82) is 0 Å². The van der Waals surface area contributed by atoms with Gasteiger partial charge in [-0.25, -0.2) is 9.37 Å². The predicted octanol–water partition coefficient (Wildman–Crippen LogP) is 3.26. The van der Waals surface area contributed by atoms with Gasteiger partial charge in [0.25, 0.3) is 0 Å². The van der Waals surface area contributed by atoms with Crippen molar-refractivity contribution >= 4 is 29.9 Å². The first kappa shape index (κ1) is 23.3. The zero-order valence-corrected chi connectivity index (χ0v) is 19.1. The van der Waals surface area contributed by atoms with Gasteiger partial charge in [-0.15, -0.1) is 24.0 Å². The van der Waals surface area contributed by atoms with Crippen LogP contribution in [0.4, 0.5) is 4.39 Å². The van der Waals surface area contributed by atoms with Crippen LogP contribution in [-0.2, 0) is 16.7 Å². The Labute approximate surface area is 188 Å². The second-order valence-corrected chi connectivity index (χ2v) is 6.92. The Balaban J connectivity index is 0.00000300. The summed E-state index contributed by atoms with van der Waals surface area (Å²) in [5.41, 5.74) is 2.07. The van der Waals surface area contributed by atoms with E-state index in [4.69, 9.17) is 9.47 Å². The Morgan fingerprint density at radius 2 is 2.03 bits per heavy atom. The molecule has 2 N–H and O–H groups in total. The third-order valence-electron chi connectivity index (χ3n) is 4.90. The molecule has 1 aliphatic rings. The lowest BCUT2D eigenvalue weighted by atomic mass is 9.96. The van der Waals surface area contributed by atoms with Gasteiger partial charge in [0.2, 0.25) is 5.88 Å². The minimum atomic E-state index is -0.187. The number of methoxy groups -OCH3 is 1. The normalized spacial score (nSPS) is 14.7. The molecule has 2 aromatic rings. The molecule has 1 saturated carbocycles. The Morgan fingerprint density at radius 1 is 1.21 bits per heavy atom. The zero-order valence-electron chi connectivity index (χ0n) is 16.8. The van der Waals surface area contributed by atoms with Gasteiger partial charge >= 0.3 is 0 Å². The average molecular weight is 514 g/mol. The highest BCUT2D eigenvalue weighted by Crippen LogP contribution is 2.47. The van der Waals surface area contributed by atoms with Gasteiger partial charge in [0, 0.05) is 44.9 Å². The van der Waals surface area contributed by atoms with Crippen molar-refractivity contribution in [1.82, 2.24) is 15.6 Å². The average Bonchev–Trinajstić information content (AvgIpc) is 3.51. The minimum absolute atomic E-state index is 0. The van der Waals surface area contributed by atoms with E-state index in [9.17, 15) is 4.39 Å². The van der Waals surface area contributed by atoms with E-state index in [0.29, 0.717) is 31.6 Å². The highest BCUT2D eigenvalue weighted by atomic mass is 127. The second-order valence-electron chi connectivity index (χ2n) is 6.92. The van der Waals surface area contributed by atoms with Crippen molar-refractivity contribution in [3.8, 4) is 5.88 Å². The summed E-state index contributed by atoms with van der Waals surface area (Å²) in [4.78, 5) is 8.56. The molecular formula is C21H28FIN4O2. The molecule has 0 amide bonds. The number of nitrogens with one attached hydrogen (secondary N) is 2. The maximum absolute atomic E-state index is 13.5. The van der Waals surface area contributed by atoms with Crippen LogP contribution in [0.3, 0.4) is 0 Å². The molecule has 0 unspecified atom stereocenters. The molecule has 3 rings (SSSR count). The van der Waals surface area contributed by atoms with Crippen LogP contribution in [0.15, 0.2) is 47.6 Å². The molecule has 0 saturated heterocycles. The smallest absolute Gasteiger partial charge is 0.213 e. The standard InChI is InChI=1S/C21H27FN4O2.HI/c1-23-20(25-14-16-6-7-19(24-13-16)28-11-10-27-2)26-15-21(8-9-21)17-4-3-5-18(22)12-17;/h3-7,12-13H,8-11,14-15H2,1-2H3,(H2,23,25,26);1H. The van der Waals surface area contributed by atoms with E-state index >= 15 is 0 Å². The number of hydrogen-bond donors (Lipinski definition) is 2. The van der Waals surface area contributed by atoms with E-state index in [2.05, 4.69) is 20.6 Å². The van der Waals surface area contributed by atoms with E-state index in [1.807, 2.05) is 18.2 Å². The number of hydrogen-bond acceptors (Lipinski definition) is 4. The Kier molecular flexibility index (Phi) is 9.09. The van der Waals surface area contributed by atoms with E-state index in [1.165, 1.54) is 6.07 Å². The monoisotopic (exact) mass is 514 g/mol. The van der Waals surface area contributed by atoms with Crippen molar-refractivity contribution < 1.29 is 13.9 Å². The number of pyridine rings is 1. The van der Waals surface area contributed by atoms with Crippen LogP contribution in [0.5, 0.6) is 5.88 Å². The molecule has 0 atom stereocenters. The summed E-state index contributed by atoms with van der Waals surface area (Å²) in [6.45, 7) is 2.33. The fraction of sp³-hybridized carbons (Fsp3) is 0.429. The first-order valence-corrected chi connectivity index (χ1v) is 9.42. The predicted molar refractivity (Wildman–Crippen MR) is 123 cm³/mol. The van der Waals surface area contributed by atoms with Gasteiger partial charge in [-0.05, 0) is 36.1 Å². The van der Waals surface area contributed by atoms with Crippen molar-refractivity contribution in [3.05, 3.63) is 59.5 Å². The number of halogens is 2. The molecule has 1 aromatic carbocycles. The molecule has 0 bridgehead atoms. The van der Waals surface area contributed by atoms with Gasteiger partial charge in [0.1, 0.15) is 12.4 Å². The van der Waals surface area contributed by atoms with Gasteiger partial charge in [-0.1, -0.05) is 18.2 Å². The fourth-order valence-electron chi connectivity index (χ4n) is 3.03. The first-order chi connectivity index (χ1) is 13.6. The Bertz CT molecular complexity index is 798. The summed E-state index contributed by atoms with van der Waals surface area (Å²) in [5, 5.41) is 6.65. The second kappa shape index (κ2) is 11.3. The van der Waals surface area contributed by atoms with E-state index < -0.39 is 0 Å². The molecule has 158 valence electrons. The van der Waals surface area contributed by atoms with Crippen LogP contribution in [0.25, 0.3) is 0 Å². The lowest BCUT2D eigenvalue weighted by molar-refractivity contribution is 0.143. The molecule has 8 heteroatoms. The lowest BCUT2D eigenvalue weighted by Crippen LogP contribution is -2.40.